The van der Waals surface area contributed by atoms with E-state index in [1.54, 1.807) is 30.3 Å². The third-order valence-electron chi connectivity index (χ3n) is 11.6. The number of phenolic OH excluding ortho intramolecular Hbond substituents is 1. The predicted molar refractivity (Wildman–Crippen MR) is 231 cm³/mol. The number of aliphatic hydroxyl groups excluding tert-OH is 1. The molecule has 6 aromatic rings. The molecule has 3 atom stereocenters. The number of aromatic hydroxyl groups is 1. The first kappa shape index (κ1) is 41.3. The van der Waals surface area contributed by atoms with Gasteiger partial charge in [0.15, 0.2) is 0 Å². The first-order valence-corrected chi connectivity index (χ1v) is 20.8. The Morgan fingerprint density at radius 1 is 0.803 bits per heavy atom. The van der Waals surface area contributed by atoms with Crippen LogP contribution in [-0.2, 0) is 29.1 Å². The molecule has 4 heterocycles. The van der Waals surface area contributed by atoms with Crippen LogP contribution in [-0.4, -0.2) is 71.0 Å². The summed E-state index contributed by atoms with van der Waals surface area (Å²) in [4.78, 5) is 43.0. The molecule has 0 saturated carbocycles. The summed E-state index contributed by atoms with van der Waals surface area (Å²) in [6, 6.07) is 38.1. The first-order chi connectivity index (χ1) is 29.8. The van der Waals surface area contributed by atoms with Crippen molar-refractivity contribution in [2.75, 3.05) is 32.7 Å². The Bertz CT molecular complexity index is 2500. The molecular weight excluding hydrogens is 773 g/mol. The lowest BCUT2D eigenvalue weighted by Gasteiger charge is -2.43. The van der Waals surface area contributed by atoms with Crippen LogP contribution in [0.4, 0.5) is 4.79 Å². The van der Waals surface area contributed by atoms with Gasteiger partial charge in [-0.25, -0.2) is 9.59 Å². The quantitative estimate of drug-likeness (QED) is 0.0511. The standard InChI is InChI=1S/C49H50N4O8/c54-42-18-16-40(41-17-19-45(56)51-47(41)42)43(55)28-50-23-20-32-12-14-33(15-13-32)30-60-48(57)38-10-4-6-34(26-38)31-59-39-11-5-9-37(27-39)46(36-7-2-1-3-8-36)52-49(58)61-44-29-53-24-21-35(44)22-25-53/h1-19,26-27,35,43-44,46,50,54-55H,20-25,28-31H2,(H,51,56)(H,52,58)/t43?,44-,46?/m0/s1. The number of H-pyrrole nitrogens is 1. The molecule has 5 N–H and O–H groups in total. The minimum Gasteiger partial charge on any atom is -0.506 e. The van der Waals surface area contributed by atoms with E-state index in [1.807, 2.05) is 84.9 Å². The second-order valence-electron chi connectivity index (χ2n) is 15.8. The number of hydrogen-bond acceptors (Lipinski definition) is 10. The van der Waals surface area contributed by atoms with Crippen LogP contribution in [0.3, 0.4) is 0 Å². The van der Waals surface area contributed by atoms with Gasteiger partial charge in [-0.05, 0) is 115 Å². The molecule has 9 rings (SSSR count). The Balaban J connectivity index is 0.804. The average molecular weight is 823 g/mol. The molecule has 2 unspecified atom stereocenters. The summed E-state index contributed by atoms with van der Waals surface area (Å²) in [5.41, 5.74) is 5.52. The van der Waals surface area contributed by atoms with Gasteiger partial charge in [-0.2, -0.15) is 0 Å². The van der Waals surface area contributed by atoms with Gasteiger partial charge in [0.05, 0.1) is 23.2 Å². The topological polar surface area (TPSA) is 162 Å². The van der Waals surface area contributed by atoms with E-state index in [9.17, 15) is 24.6 Å². The fraction of sp³-hybridized carbons (Fsp3) is 0.286. The molecule has 5 aromatic carbocycles. The van der Waals surface area contributed by atoms with Crippen LogP contribution in [0.15, 0.2) is 132 Å². The van der Waals surface area contributed by atoms with Crippen molar-refractivity contribution in [3.8, 4) is 11.5 Å². The minimum atomic E-state index is -0.836. The van der Waals surface area contributed by atoms with Crippen molar-refractivity contribution in [3.63, 3.8) is 0 Å². The Morgan fingerprint density at radius 3 is 2.36 bits per heavy atom. The van der Waals surface area contributed by atoms with Gasteiger partial charge in [0.25, 0.3) is 0 Å². The summed E-state index contributed by atoms with van der Waals surface area (Å²) < 4.78 is 17.8. The summed E-state index contributed by atoms with van der Waals surface area (Å²) in [5.74, 6) is 0.547. The van der Waals surface area contributed by atoms with Crippen LogP contribution in [0, 0.1) is 5.92 Å². The van der Waals surface area contributed by atoms with Crippen LogP contribution in [0.5, 0.6) is 11.5 Å². The maximum atomic E-state index is 13.3. The van der Waals surface area contributed by atoms with Gasteiger partial charge in [-0.1, -0.05) is 84.9 Å². The predicted octanol–water partition coefficient (Wildman–Crippen LogP) is 6.95. The molecule has 0 spiro atoms. The van der Waals surface area contributed by atoms with Crippen LogP contribution in [0.25, 0.3) is 10.9 Å². The number of carbonyl (C=O) groups excluding carboxylic acids is 2. The fourth-order valence-electron chi connectivity index (χ4n) is 8.24. The van der Waals surface area contributed by atoms with Gasteiger partial charge >= 0.3 is 12.1 Å². The van der Waals surface area contributed by atoms with Crippen molar-refractivity contribution in [2.45, 2.75) is 50.7 Å². The molecule has 3 saturated heterocycles. The fourth-order valence-corrected chi connectivity index (χ4v) is 8.24. The van der Waals surface area contributed by atoms with Gasteiger partial charge in [0, 0.05) is 24.5 Å². The number of aromatic amines is 1. The number of phenols is 1. The molecule has 1 amide bonds. The number of alkyl carbamates (subject to hydrolysis) is 1. The van der Waals surface area contributed by atoms with E-state index in [1.165, 1.54) is 12.1 Å². The number of fused-ring (bicyclic) bond motifs is 4. The van der Waals surface area contributed by atoms with Gasteiger partial charge in [0.1, 0.15) is 30.8 Å². The van der Waals surface area contributed by atoms with E-state index in [0.717, 1.165) is 60.3 Å². The monoisotopic (exact) mass is 822 g/mol. The van der Waals surface area contributed by atoms with E-state index < -0.39 is 24.2 Å². The highest BCUT2D eigenvalue weighted by atomic mass is 16.6. The molecule has 3 aliphatic rings. The summed E-state index contributed by atoms with van der Waals surface area (Å²) >= 11 is 0. The molecular formula is C49H50N4O8. The normalized spacial score (nSPS) is 18.0. The van der Waals surface area contributed by atoms with Crippen molar-refractivity contribution in [1.82, 2.24) is 20.5 Å². The molecule has 12 heteroatoms. The zero-order valence-electron chi connectivity index (χ0n) is 33.8. The van der Waals surface area contributed by atoms with E-state index in [4.69, 9.17) is 14.2 Å². The number of amides is 1. The smallest absolute Gasteiger partial charge is 0.408 e. The summed E-state index contributed by atoms with van der Waals surface area (Å²) in [6.45, 7) is 4.18. The lowest BCUT2D eigenvalue weighted by molar-refractivity contribution is -0.0336. The molecule has 0 aliphatic carbocycles. The molecule has 12 nitrogen and oxygen atoms in total. The number of carbonyl (C=O) groups is 2. The summed E-state index contributed by atoms with van der Waals surface area (Å²) in [5, 5.41) is 27.9. The Kier molecular flexibility index (Phi) is 13.0. The van der Waals surface area contributed by atoms with Gasteiger partial charge < -0.3 is 40.0 Å². The molecule has 61 heavy (non-hydrogen) atoms. The maximum Gasteiger partial charge on any atom is 0.408 e. The van der Waals surface area contributed by atoms with Crippen molar-refractivity contribution in [1.29, 1.82) is 0 Å². The largest absolute Gasteiger partial charge is 0.506 e. The molecule has 314 valence electrons. The lowest BCUT2D eigenvalue weighted by Crippen LogP contribution is -2.52. The van der Waals surface area contributed by atoms with Crippen molar-refractivity contribution < 1.29 is 34.0 Å². The Labute approximate surface area is 354 Å². The Morgan fingerprint density at radius 2 is 1.57 bits per heavy atom. The van der Waals surface area contributed by atoms with Crippen molar-refractivity contribution in [2.24, 2.45) is 5.92 Å². The van der Waals surface area contributed by atoms with Crippen LogP contribution < -0.4 is 20.9 Å². The second kappa shape index (κ2) is 19.3. The number of aromatic nitrogens is 1. The number of nitrogens with zero attached hydrogens (tertiary/aromatic N) is 1. The minimum absolute atomic E-state index is 0.0484. The van der Waals surface area contributed by atoms with Crippen molar-refractivity contribution in [3.05, 3.63) is 177 Å². The third kappa shape index (κ3) is 10.5. The highest BCUT2D eigenvalue weighted by Crippen LogP contribution is 2.31. The van der Waals surface area contributed by atoms with Gasteiger partial charge in [0.2, 0.25) is 5.56 Å². The number of piperidine rings is 3. The number of aliphatic hydroxyl groups is 1. The zero-order valence-corrected chi connectivity index (χ0v) is 33.8. The van der Waals surface area contributed by atoms with Crippen LogP contribution in [0.2, 0.25) is 0 Å². The lowest BCUT2D eigenvalue weighted by atomic mass is 9.86. The molecule has 1 aromatic heterocycles. The number of benzene rings is 5. The number of pyridine rings is 1. The number of hydrogen-bond donors (Lipinski definition) is 5. The SMILES string of the molecule is O=C(NC(c1ccccc1)c1cccc(OCc2cccc(C(=O)OCc3ccc(CCNCC(O)c4ccc(O)c5[nH]c(=O)ccc45)cc3)c2)c1)O[C@H]1CN2CCC1CC2. The maximum absolute atomic E-state index is 13.3. The molecule has 2 bridgehead atoms. The number of rotatable bonds is 16. The molecule has 3 fully saturated rings. The number of ether oxygens (including phenoxy) is 3. The van der Waals surface area contributed by atoms with Crippen LogP contribution in [0.1, 0.15) is 68.7 Å². The highest BCUT2D eigenvalue weighted by molar-refractivity contribution is 5.89. The van der Waals surface area contributed by atoms with Gasteiger partial charge in [-0.15, -0.1) is 0 Å². The van der Waals surface area contributed by atoms with Crippen molar-refractivity contribution >= 4 is 23.0 Å². The third-order valence-corrected chi connectivity index (χ3v) is 11.6. The van der Waals surface area contributed by atoms with E-state index in [2.05, 4.69) is 20.5 Å². The average Bonchev–Trinajstić information content (AvgIpc) is 3.29. The zero-order chi connectivity index (χ0) is 42.1. The van der Waals surface area contributed by atoms with Crippen LogP contribution >= 0.6 is 0 Å². The second-order valence-corrected chi connectivity index (χ2v) is 15.8. The van der Waals surface area contributed by atoms with E-state index >= 15 is 0 Å². The Hall–Kier alpha value is -6.47. The molecule has 3 aliphatic heterocycles. The first-order valence-electron chi connectivity index (χ1n) is 20.8. The van der Waals surface area contributed by atoms with E-state index in [0.29, 0.717) is 53.2 Å². The summed E-state index contributed by atoms with van der Waals surface area (Å²) in [6.07, 6.45) is 1.48. The van der Waals surface area contributed by atoms with E-state index in [-0.39, 0.29) is 30.6 Å². The van der Waals surface area contributed by atoms with Gasteiger partial charge in [-0.3, -0.25) is 9.69 Å². The summed E-state index contributed by atoms with van der Waals surface area (Å²) in [7, 11) is 0. The number of nitrogens with one attached hydrogen (secondary N) is 3. The number of esters is 1. The highest BCUT2D eigenvalue weighted by Gasteiger charge is 2.37. The molecule has 0 radical (unpaired) electrons.